The Balaban J connectivity index is 1.30. The normalized spacial score (nSPS) is 30.7. The highest BCUT2D eigenvalue weighted by Gasteiger charge is 2.74. The number of nitrogens with zero attached hydrogens (tertiary/aromatic N) is 1. The fraction of sp³-hybridized carbons (Fsp3) is 0.735. The van der Waals surface area contributed by atoms with Crippen LogP contribution >= 0.6 is 23.2 Å². The standard InChI is InChI=1S/C34H49Cl2N5O5/c1-3-5-12-25(29(42)31(44)37-17-6-4-2)39-30(43)28-26-24(34(26,35)36)19-41(28)32(45)27(21-10-8-7-9-11-21)40-33(46)38-23-16-15-20-13-14-22(20)18-23/h3-4,20-28H,1-2,5-19H2,(H,37,44)(H,39,43)(H2,38,40,46)/t20?,22?,23?,24-,25+,26-,27-,28-/m0/s1. The van der Waals surface area contributed by atoms with Crippen LogP contribution in [0, 0.1) is 29.6 Å². The second-order valence-corrected chi connectivity index (χ2v) is 15.4. The van der Waals surface area contributed by atoms with E-state index in [-0.39, 0.29) is 49.3 Å². The molecule has 4 aliphatic carbocycles. The van der Waals surface area contributed by atoms with E-state index in [2.05, 4.69) is 34.4 Å². The first-order chi connectivity index (χ1) is 22.1. The fourth-order valence-electron chi connectivity index (χ4n) is 8.23. The molecular formula is C34H49Cl2N5O5. The van der Waals surface area contributed by atoms with E-state index in [1.807, 2.05) is 0 Å². The van der Waals surface area contributed by atoms with Crippen molar-refractivity contribution in [2.24, 2.45) is 29.6 Å². The summed E-state index contributed by atoms with van der Waals surface area (Å²) < 4.78 is -1.19. The average molecular weight is 679 g/mol. The van der Waals surface area contributed by atoms with Gasteiger partial charge in [0.1, 0.15) is 16.4 Å². The van der Waals surface area contributed by atoms with E-state index in [1.165, 1.54) is 17.7 Å². The minimum absolute atomic E-state index is 0.0621. The average Bonchev–Trinajstić information content (AvgIpc) is 3.34. The molecule has 0 aromatic carbocycles. The zero-order valence-corrected chi connectivity index (χ0v) is 28.1. The van der Waals surface area contributed by atoms with Crippen molar-refractivity contribution in [3.63, 3.8) is 0 Å². The van der Waals surface area contributed by atoms with Gasteiger partial charge in [-0.15, -0.1) is 36.4 Å². The predicted octanol–water partition coefficient (Wildman–Crippen LogP) is 4.16. The number of halogens is 2. The van der Waals surface area contributed by atoms with Crippen molar-refractivity contribution in [2.45, 2.75) is 112 Å². The third kappa shape index (κ3) is 7.59. The number of ketones is 1. The maximum Gasteiger partial charge on any atom is 0.315 e. The summed E-state index contributed by atoms with van der Waals surface area (Å²) in [5.41, 5.74) is 0. The van der Waals surface area contributed by atoms with Crippen molar-refractivity contribution < 1.29 is 24.0 Å². The number of nitrogens with one attached hydrogen (secondary N) is 4. The molecule has 1 aliphatic heterocycles. The number of hydrogen-bond donors (Lipinski definition) is 4. The minimum Gasteiger partial charge on any atom is -0.349 e. The number of urea groups is 1. The van der Waals surface area contributed by atoms with Crippen LogP contribution in [-0.4, -0.2) is 76.0 Å². The van der Waals surface area contributed by atoms with E-state index in [9.17, 15) is 24.0 Å². The van der Waals surface area contributed by atoms with Gasteiger partial charge in [-0.3, -0.25) is 19.2 Å². The van der Waals surface area contributed by atoms with Gasteiger partial charge >= 0.3 is 6.03 Å². The number of allylic oxidation sites excluding steroid dienone is 1. The van der Waals surface area contributed by atoms with E-state index in [0.29, 0.717) is 18.8 Å². The monoisotopic (exact) mass is 677 g/mol. The van der Waals surface area contributed by atoms with E-state index in [0.717, 1.165) is 57.3 Å². The lowest BCUT2D eigenvalue weighted by Crippen LogP contribution is -2.61. The predicted molar refractivity (Wildman–Crippen MR) is 177 cm³/mol. The molecule has 0 spiro atoms. The molecule has 5 fully saturated rings. The highest BCUT2D eigenvalue weighted by Crippen LogP contribution is 2.65. The Hall–Kier alpha value is -2.59. The smallest absolute Gasteiger partial charge is 0.315 e. The molecular weight excluding hydrogens is 629 g/mol. The number of amides is 5. The number of alkyl halides is 2. The van der Waals surface area contributed by atoms with Crippen LogP contribution in [0.2, 0.25) is 0 Å². The molecule has 5 amide bonds. The van der Waals surface area contributed by atoms with Gasteiger partial charge in [-0.2, -0.15) is 0 Å². The molecule has 0 radical (unpaired) electrons. The summed E-state index contributed by atoms with van der Waals surface area (Å²) in [4.78, 5) is 68.9. The Bertz CT molecular complexity index is 1210. The van der Waals surface area contributed by atoms with Crippen LogP contribution in [0.15, 0.2) is 25.3 Å². The number of rotatable bonds is 14. The van der Waals surface area contributed by atoms with Crippen LogP contribution in [-0.2, 0) is 19.2 Å². The molecule has 5 aliphatic rings. The number of fused-ring (bicyclic) bond motifs is 2. The summed E-state index contributed by atoms with van der Waals surface area (Å²) in [5.74, 6) is -1.95. The van der Waals surface area contributed by atoms with Crippen molar-refractivity contribution in [1.29, 1.82) is 0 Å². The quantitative estimate of drug-likeness (QED) is 0.0948. The van der Waals surface area contributed by atoms with Crippen molar-refractivity contribution in [3.8, 4) is 0 Å². The molecule has 10 nitrogen and oxygen atoms in total. The zero-order valence-electron chi connectivity index (χ0n) is 26.6. The van der Waals surface area contributed by atoms with Crippen molar-refractivity contribution in [2.75, 3.05) is 13.1 Å². The minimum atomic E-state index is -1.19. The van der Waals surface area contributed by atoms with Gasteiger partial charge < -0.3 is 26.2 Å². The maximum atomic E-state index is 14.4. The van der Waals surface area contributed by atoms with E-state index < -0.39 is 46.0 Å². The number of piperidine rings is 1. The Labute approximate surface area is 282 Å². The lowest BCUT2D eigenvalue weighted by Gasteiger charge is -2.44. The molecule has 46 heavy (non-hydrogen) atoms. The second-order valence-electron chi connectivity index (χ2n) is 14.0. The van der Waals surface area contributed by atoms with Gasteiger partial charge in [0.2, 0.25) is 17.6 Å². The van der Waals surface area contributed by atoms with E-state index in [1.54, 1.807) is 12.2 Å². The second kappa shape index (κ2) is 15.1. The van der Waals surface area contributed by atoms with Gasteiger partial charge in [-0.1, -0.05) is 31.4 Å². The summed E-state index contributed by atoms with van der Waals surface area (Å²) in [6.07, 6.45) is 14.4. The zero-order chi connectivity index (χ0) is 33.0. The van der Waals surface area contributed by atoms with Crippen LogP contribution in [0.1, 0.15) is 83.5 Å². The first kappa shape index (κ1) is 34.7. The summed E-state index contributed by atoms with van der Waals surface area (Å²) in [6, 6.07) is -3.22. The van der Waals surface area contributed by atoms with Gasteiger partial charge in [0.25, 0.3) is 5.91 Å². The number of likely N-dealkylation sites (tertiary alicyclic amines) is 1. The highest BCUT2D eigenvalue weighted by atomic mass is 35.5. The van der Waals surface area contributed by atoms with Crippen molar-refractivity contribution in [1.82, 2.24) is 26.2 Å². The van der Waals surface area contributed by atoms with E-state index in [4.69, 9.17) is 23.2 Å². The molecule has 1 saturated heterocycles. The van der Waals surface area contributed by atoms with Crippen LogP contribution in [0.25, 0.3) is 0 Å². The van der Waals surface area contributed by atoms with Crippen molar-refractivity contribution >= 4 is 52.7 Å². The molecule has 4 N–H and O–H groups in total. The number of carbonyl (C=O) groups is 5. The topological polar surface area (TPSA) is 137 Å². The third-order valence-electron chi connectivity index (χ3n) is 11.1. The Morgan fingerprint density at radius 3 is 2.24 bits per heavy atom. The number of Topliss-reactive ketones (excluding diaryl/α,β-unsaturated/α-hetero) is 1. The summed E-state index contributed by atoms with van der Waals surface area (Å²) in [6.45, 7) is 7.72. The molecule has 12 heteroatoms. The molecule has 1 heterocycles. The first-order valence-electron chi connectivity index (χ1n) is 17.2. The Kier molecular flexibility index (Phi) is 11.4. The van der Waals surface area contributed by atoms with E-state index >= 15 is 0 Å². The molecule has 4 saturated carbocycles. The summed E-state index contributed by atoms with van der Waals surface area (Å²) in [7, 11) is 0. The maximum absolute atomic E-state index is 14.4. The third-order valence-corrected chi connectivity index (χ3v) is 12.2. The molecule has 5 rings (SSSR count). The van der Waals surface area contributed by atoms with Crippen LogP contribution in [0.4, 0.5) is 4.79 Å². The van der Waals surface area contributed by atoms with Gasteiger partial charge in [-0.25, -0.2) is 4.79 Å². The van der Waals surface area contributed by atoms with Gasteiger partial charge in [0.05, 0.1) is 6.04 Å². The Morgan fingerprint density at radius 2 is 1.59 bits per heavy atom. The fourth-order valence-corrected chi connectivity index (χ4v) is 9.06. The van der Waals surface area contributed by atoms with Crippen LogP contribution < -0.4 is 21.3 Å². The lowest BCUT2D eigenvalue weighted by atomic mass is 9.64. The number of carbonyl (C=O) groups excluding carboxylic acids is 5. The highest BCUT2D eigenvalue weighted by molar-refractivity contribution is 6.51. The number of hydrogen-bond acceptors (Lipinski definition) is 5. The van der Waals surface area contributed by atoms with Crippen LogP contribution in [0.3, 0.4) is 0 Å². The van der Waals surface area contributed by atoms with Gasteiger partial charge in [0.15, 0.2) is 0 Å². The van der Waals surface area contributed by atoms with Crippen molar-refractivity contribution in [3.05, 3.63) is 25.3 Å². The molecule has 0 bridgehead atoms. The van der Waals surface area contributed by atoms with Gasteiger partial charge in [-0.05, 0) is 82.0 Å². The summed E-state index contributed by atoms with van der Waals surface area (Å²) in [5, 5.41) is 11.5. The lowest BCUT2D eigenvalue weighted by molar-refractivity contribution is -0.144. The Morgan fingerprint density at radius 1 is 0.891 bits per heavy atom. The molecule has 3 unspecified atom stereocenters. The van der Waals surface area contributed by atoms with Crippen LogP contribution in [0.5, 0.6) is 0 Å². The molecule has 254 valence electrons. The SMILES string of the molecule is C=CCCNC(=O)C(=O)[C@@H](CCC=C)NC(=O)[C@@H]1[C@@H]2[C@H](CN1C(=O)[C@@H](NC(=O)NC1CCC3CCC3C1)C1CCCCC1)C2(Cl)Cl. The summed E-state index contributed by atoms with van der Waals surface area (Å²) >= 11 is 13.2. The molecule has 0 aromatic heterocycles. The first-order valence-corrected chi connectivity index (χ1v) is 17.9. The van der Waals surface area contributed by atoms with Gasteiger partial charge in [0, 0.05) is 31.0 Å². The molecule has 8 atom stereocenters. The molecule has 0 aromatic rings. The largest absolute Gasteiger partial charge is 0.349 e.